The topological polar surface area (TPSA) is 100 Å². The Bertz CT molecular complexity index is 1140. The van der Waals surface area contributed by atoms with Gasteiger partial charge in [0.25, 0.3) is 11.6 Å². The molecule has 2 aromatic carbocycles. The third-order valence-electron chi connectivity index (χ3n) is 4.99. The van der Waals surface area contributed by atoms with Crippen LogP contribution >= 0.6 is 0 Å². The molecule has 8 nitrogen and oxygen atoms in total. The Kier molecular flexibility index (Phi) is 5.27. The van der Waals surface area contributed by atoms with Gasteiger partial charge in [-0.15, -0.1) is 13.2 Å². The predicted octanol–water partition coefficient (Wildman–Crippen LogP) is 3.69. The van der Waals surface area contributed by atoms with E-state index in [0.717, 1.165) is 12.1 Å². The fourth-order valence-corrected chi connectivity index (χ4v) is 3.60. The van der Waals surface area contributed by atoms with Gasteiger partial charge in [0.1, 0.15) is 11.4 Å². The van der Waals surface area contributed by atoms with Crippen LogP contribution in [0, 0.1) is 10.1 Å². The summed E-state index contributed by atoms with van der Waals surface area (Å²) in [6.07, 6.45) is -4.83. The number of aromatic nitrogens is 1. The maximum absolute atomic E-state index is 13.2. The molecule has 4 rings (SSSR count). The molecule has 0 unspecified atom stereocenters. The van der Waals surface area contributed by atoms with Crippen LogP contribution in [0.5, 0.6) is 5.75 Å². The number of fused-ring (bicyclic) bond motifs is 1. The molecule has 0 atom stereocenters. The third-order valence-corrected chi connectivity index (χ3v) is 4.99. The van der Waals surface area contributed by atoms with Crippen LogP contribution in [0.2, 0.25) is 0 Å². The van der Waals surface area contributed by atoms with Crippen molar-refractivity contribution in [3.05, 3.63) is 58.3 Å². The summed E-state index contributed by atoms with van der Waals surface area (Å²) < 4.78 is 41.3. The smallest absolute Gasteiger partial charge is 0.406 e. The van der Waals surface area contributed by atoms with Crippen molar-refractivity contribution in [3.63, 3.8) is 0 Å². The number of amides is 1. The van der Waals surface area contributed by atoms with Gasteiger partial charge in [0.2, 0.25) is 0 Å². The largest absolute Gasteiger partial charge is 0.573 e. The number of benzene rings is 2. The molecule has 3 aromatic rings. The molecule has 0 spiro atoms. The van der Waals surface area contributed by atoms with Crippen LogP contribution < -0.4 is 10.1 Å². The summed E-state index contributed by atoms with van der Waals surface area (Å²) in [6.45, 7) is 2.25. The van der Waals surface area contributed by atoms with Gasteiger partial charge in [0.15, 0.2) is 0 Å². The van der Waals surface area contributed by atoms with Crippen LogP contribution in [0.3, 0.4) is 0 Å². The lowest BCUT2D eigenvalue weighted by molar-refractivity contribution is -0.384. The molecule has 1 aliphatic rings. The first-order valence-corrected chi connectivity index (χ1v) is 9.39. The fourth-order valence-electron chi connectivity index (χ4n) is 3.60. The van der Waals surface area contributed by atoms with Gasteiger partial charge in [-0.3, -0.25) is 14.9 Å². The molecule has 0 bridgehead atoms. The molecular formula is C20H17F3N4O4. The number of nitro benzene ring substituents is 1. The van der Waals surface area contributed by atoms with E-state index in [0.29, 0.717) is 48.2 Å². The van der Waals surface area contributed by atoms with Gasteiger partial charge in [0, 0.05) is 54.8 Å². The number of ether oxygens (including phenoxy) is 1. The highest BCUT2D eigenvalue weighted by molar-refractivity contribution is 6.10. The van der Waals surface area contributed by atoms with Crippen LogP contribution in [0.25, 0.3) is 22.0 Å². The zero-order valence-corrected chi connectivity index (χ0v) is 16.0. The zero-order valence-electron chi connectivity index (χ0n) is 16.0. The lowest BCUT2D eigenvalue weighted by Gasteiger charge is -2.27. The van der Waals surface area contributed by atoms with Crippen molar-refractivity contribution in [2.24, 2.45) is 0 Å². The molecular weight excluding hydrogens is 417 g/mol. The summed E-state index contributed by atoms with van der Waals surface area (Å²) in [5.74, 6) is -0.692. The second-order valence-electron chi connectivity index (χ2n) is 6.98. The second kappa shape index (κ2) is 7.91. The number of carbonyl (C=O) groups is 1. The van der Waals surface area contributed by atoms with Crippen LogP contribution in [-0.2, 0) is 0 Å². The molecule has 0 aliphatic carbocycles. The Morgan fingerprint density at radius 3 is 2.39 bits per heavy atom. The number of non-ortho nitro benzene ring substituents is 1. The van der Waals surface area contributed by atoms with Crippen molar-refractivity contribution in [2.75, 3.05) is 26.2 Å². The molecule has 31 heavy (non-hydrogen) atoms. The summed E-state index contributed by atoms with van der Waals surface area (Å²) in [4.78, 5) is 28.6. The molecule has 1 saturated heterocycles. The van der Waals surface area contributed by atoms with Crippen molar-refractivity contribution in [1.29, 1.82) is 0 Å². The number of piperazine rings is 1. The minimum Gasteiger partial charge on any atom is -0.406 e. The van der Waals surface area contributed by atoms with Crippen molar-refractivity contribution >= 4 is 22.5 Å². The average molecular weight is 434 g/mol. The van der Waals surface area contributed by atoms with E-state index in [1.165, 1.54) is 30.3 Å². The first-order valence-electron chi connectivity index (χ1n) is 9.39. The molecule has 162 valence electrons. The average Bonchev–Trinajstić information content (AvgIpc) is 3.12. The SMILES string of the molecule is O=C(c1[nH]c2ccc([N+](=O)[O-])cc2c1-c1ccc(OC(F)(F)F)cc1)N1CCNCC1. The van der Waals surface area contributed by atoms with Crippen LogP contribution in [0.4, 0.5) is 18.9 Å². The number of nitrogens with zero attached hydrogens (tertiary/aromatic N) is 2. The van der Waals surface area contributed by atoms with E-state index in [4.69, 9.17) is 0 Å². The van der Waals surface area contributed by atoms with Gasteiger partial charge >= 0.3 is 6.36 Å². The minimum atomic E-state index is -4.83. The van der Waals surface area contributed by atoms with E-state index >= 15 is 0 Å². The van der Waals surface area contributed by atoms with Gasteiger partial charge in [-0.1, -0.05) is 12.1 Å². The van der Waals surface area contributed by atoms with Crippen LogP contribution in [0.15, 0.2) is 42.5 Å². The van der Waals surface area contributed by atoms with Crippen LogP contribution in [-0.4, -0.2) is 53.3 Å². The summed E-state index contributed by atoms with van der Waals surface area (Å²) in [6, 6.07) is 9.22. The second-order valence-corrected chi connectivity index (χ2v) is 6.98. The lowest BCUT2D eigenvalue weighted by Crippen LogP contribution is -2.46. The first-order chi connectivity index (χ1) is 14.7. The maximum Gasteiger partial charge on any atom is 0.573 e. The molecule has 1 aromatic heterocycles. The Morgan fingerprint density at radius 2 is 1.77 bits per heavy atom. The molecule has 1 aliphatic heterocycles. The summed E-state index contributed by atoms with van der Waals surface area (Å²) >= 11 is 0. The fraction of sp³-hybridized carbons (Fsp3) is 0.250. The van der Waals surface area contributed by atoms with Crippen LogP contribution in [0.1, 0.15) is 10.5 Å². The third kappa shape index (κ3) is 4.31. The number of rotatable bonds is 4. The Labute approximate surface area is 173 Å². The van der Waals surface area contributed by atoms with Gasteiger partial charge < -0.3 is 19.9 Å². The maximum atomic E-state index is 13.2. The highest BCUT2D eigenvalue weighted by Crippen LogP contribution is 2.36. The monoisotopic (exact) mass is 434 g/mol. The first kappa shape index (κ1) is 20.7. The number of aromatic amines is 1. The predicted molar refractivity (Wildman–Crippen MR) is 106 cm³/mol. The normalized spacial score (nSPS) is 14.6. The highest BCUT2D eigenvalue weighted by Gasteiger charge is 2.31. The zero-order chi connectivity index (χ0) is 22.2. The summed E-state index contributed by atoms with van der Waals surface area (Å²) in [5, 5.41) is 14.8. The molecule has 1 fully saturated rings. The van der Waals surface area contributed by atoms with Gasteiger partial charge in [-0.2, -0.15) is 0 Å². The van der Waals surface area contributed by atoms with Gasteiger partial charge in [0.05, 0.1) is 4.92 Å². The number of carbonyl (C=O) groups excluding carboxylic acids is 1. The number of nitro groups is 1. The molecule has 2 heterocycles. The minimum absolute atomic E-state index is 0.161. The van der Waals surface area contributed by atoms with Crippen molar-refractivity contribution in [3.8, 4) is 16.9 Å². The molecule has 1 amide bonds. The number of alkyl halides is 3. The van der Waals surface area contributed by atoms with Gasteiger partial charge in [-0.05, 0) is 23.8 Å². The molecule has 0 saturated carbocycles. The lowest BCUT2D eigenvalue weighted by atomic mass is 10.0. The Balaban J connectivity index is 1.83. The van der Waals surface area contributed by atoms with E-state index in [2.05, 4.69) is 15.0 Å². The number of H-pyrrole nitrogens is 1. The van der Waals surface area contributed by atoms with E-state index in [1.54, 1.807) is 4.90 Å². The van der Waals surface area contributed by atoms with E-state index < -0.39 is 17.0 Å². The number of hydrogen-bond acceptors (Lipinski definition) is 5. The molecule has 0 radical (unpaired) electrons. The molecule has 11 heteroatoms. The van der Waals surface area contributed by atoms with Crippen molar-refractivity contribution in [1.82, 2.24) is 15.2 Å². The Hall–Kier alpha value is -3.60. The van der Waals surface area contributed by atoms with Gasteiger partial charge in [-0.25, -0.2) is 0 Å². The standard InChI is InChI=1S/C20H17F3N4O4/c21-20(22,23)31-14-4-1-12(2-5-14)17-15-11-13(27(29)30)3-6-16(15)25-18(17)19(28)26-9-7-24-8-10-26/h1-6,11,24-25H,7-10H2. The number of nitrogens with one attached hydrogen (secondary N) is 2. The quantitative estimate of drug-likeness (QED) is 0.482. The highest BCUT2D eigenvalue weighted by atomic mass is 19.4. The van der Waals surface area contributed by atoms with E-state index in [1.807, 2.05) is 0 Å². The number of halogens is 3. The number of hydrogen-bond donors (Lipinski definition) is 2. The van der Waals surface area contributed by atoms with E-state index in [9.17, 15) is 28.1 Å². The summed E-state index contributed by atoms with van der Waals surface area (Å²) in [5.41, 5.74) is 1.39. The Morgan fingerprint density at radius 1 is 1.10 bits per heavy atom. The summed E-state index contributed by atoms with van der Waals surface area (Å²) in [7, 11) is 0. The van der Waals surface area contributed by atoms with E-state index in [-0.39, 0.29) is 17.3 Å². The molecule has 2 N–H and O–H groups in total. The van der Waals surface area contributed by atoms with Crippen molar-refractivity contribution < 1.29 is 27.6 Å². The van der Waals surface area contributed by atoms with Crippen molar-refractivity contribution in [2.45, 2.75) is 6.36 Å².